The molecule has 0 spiro atoms. The zero-order valence-corrected chi connectivity index (χ0v) is 48.3. The summed E-state index contributed by atoms with van der Waals surface area (Å²) in [4.78, 5) is 49.3. The van der Waals surface area contributed by atoms with Gasteiger partial charge in [-0.1, -0.05) is 259 Å². The van der Waals surface area contributed by atoms with Crippen molar-refractivity contribution in [2.24, 2.45) is 0 Å². The van der Waals surface area contributed by atoms with Crippen LogP contribution in [-0.2, 0) is 28.7 Å². The molecule has 0 saturated carbocycles. The second-order valence-electron chi connectivity index (χ2n) is 21.3. The topological polar surface area (TPSA) is 151 Å². The van der Waals surface area contributed by atoms with E-state index in [0.29, 0.717) is 38.8 Å². The van der Waals surface area contributed by atoms with Crippen molar-refractivity contribution >= 4 is 23.8 Å². The molecule has 0 bridgehead atoms. The van der Waals surface area contributed by atoms with Gasteiger partial charge in [0.05, 0.1) is 12.8 Å². The molecule has 10 nitrogen and oxygen atoms in total. The first kappa shape index (κ1) is 71.9. The van der Waals surface area contributed by atoms with Crippen molar-refractivity contribution in [2.75, 3.05) is 26.3 Å². The van der Waals surface area contributed by atoms with E-state index in [2.05, 4.69) is 38.3 Å². The molecule has 0 fully saturated rings. The van der Waals surface area contributed by atoms with Crippen LogP contribution in [0.3, 0.4) is 0 Å². The SMILES string of the molecule is CCCCCCCCCCCCCC(=O)O[C@H](CCCCCCCCCCC)CC(=O)NCCCO.CCCCCCCCCCCCCC(=O)O[C@H](CCCCCCCCCCC)CC(=O)NCCCO. The van der Waals surface area contributed by atoms with E-state index in [1.165, 1.54) is 205 Å². The molecule has 0 aliphatic carbocycles. The molecule has 0 heterocycles. The smallest absolute Gasteiger partial charge is 0.306 e. The average Bonchev–Trinajstić information content (AvgIpc) is 3.36. The maximum Gasteiger partial charge on any atom is 0.306 e. The number of unbranched alkanes of at least 4 members (excludes halogenated alkanes) is 36. The number of hydrogen-bond donors (Lipinski definition) is 4. The molecule has 2 atom stereocenters. The Labute approximate surface area is 446 Å². The number of amides is 2. The minimum absolute atomic E-state index is 0.0656. The summed E-state index contributed by atoms with van der Waals surface area (Å²) >= 11 is 0. The second kappa shape index (κ2) is 61.3. The summed E-state index contributed by atoms with van der Waals surface area (Å²) in [6.45, 7) is 10.1. The molecular weight excluding hydrogens is 901 g/mol. The first-order chi connectivity index (χ1) is 35.3. The van der Waals surface area contributed by atoms with Crippen molar-refractivity contribution in [1.82, 2.24) is 10.6 Å². The first-order valence-corrected chi connectivity index (χ1v) is 31.4. The van der Waals surface area contributed by atoms with Crippen LogP contribution in [0.1, 0.15) is 336 Å². The summed E-state index contributed by atoms with van der Waals surface area (Å²) in [5.74, 6) is -0.497. The highest BCUT2D eigenvalue weighted by Crippen LogP contribution is 2.19. The summed E-state index contributed by atoms with van der Waals surface area (Å²) in [6, 6.07) is 0. The van der Waals surface area contributed by atoms with Gasteiger partial charge in [-0.05, 0) is 51.4 Å². The van der Waals surface area contributed by atoms with E-state index in [1.807, 2.05) is 0 Å². The predicted molar refractivity (Wildman–Crippen MR) is 304 cm³/mol. The molecule has 0 radical (unpaired) electrons. The molecule has 0 aromatic heterocycles. The molecule has 0 unspecified atom stereocenters. The zero-order chi connectivity index (χ0) is 53.1. The number of hydrogen-bond acceptors (Lipinski definition) is 8. The van der Waals surface area contributed by atoms with Crippen molar-refractivity contribution in [3.8, 4) is 0 Å². The van der Waals surface area contributed by atoms with E-state index in [1.54, 1.807) is 0 Å². The van der Waals surface area contributed by atoms with Gasteiger partial charge >= 0.3 is 11.9 Å². The minimum Gasteiger partial charge on any atom is -0.462 e. The Morgan fingerprint density at radius 3 is 0.778 bits per heavy atom. The minimum atomic E-state index is -0.330. The fourth-order valence-corrected chi connectivity index (χ4v) is 9.30. The highest BCUT2D eigenvalue weighted by atomic mass is 16.5. The van der Waals surface area contributed by atoms with Crippen molar-refractivity contribution in [3.63, 3.8) is 0 Å². The number of carbonyl (C=O) groups is 4. The molecule has 10 heteroatoms. The van der Waals surface area contributed by atoms with Crippen LogP contribution < -0.4 is 10.6 Å². The Kier molecular flexibility index (Phi) is 61.2. The third-order valence-corrected chi connectivity index (χ3v) is 14.0. The lowest BCUT2D eigenvalue weighted by Gasteiger charge is -2.18. The van der Waals surface area contributed by atoms with E-state index in [-0.39, 0.29) is 62.0 Å². The van der Waals surface area contributed by atoms with Crippen molar-refractivity contribution in [3.05, 3.63) is 0 Å². The van der Waals surface area contributed by atoms with Crippen LogP contribution in [0.5, 0.6) is 0 Å². The van der Waals surface area contributed by atoms with Gasteiger partial charge < -0.3 is 30.3 Å². The highest BCUT2D eigenvalue weighted by Gasteiger charge is 2.20. The molecule has 0 aliphatic heterocycles. The van der Waals surface area contributed by atoms with Gasteiger partial charge in [-0.2, -0.15) is 0 Å². The quantitative estimate of drug-likeness (QED) is 0.0347. The van der Waals surface area contributed by atoms with Gasteiger partial charge in [0.15, 0.2) is 0 Å². The van der Waals surface area contributed by atoms with Crippen LogP contribution >= 0.6 is 0 Å². The van der Waals surface area contributed by atoms with Crippen LogP contribution in [0.4, 0.5) is 0 Å². The lowest BCUT2D eigenvalue weighted by Crippen LogP contribution is -2.31. The standard InChI is InChI=1S/2C31H61NO4/c2*1-3-5-7-9-11-13-14-16-18-20-22-25-31(35)36-29(28-30(34)32-26-23-27-33)24-21-19-17-15-12-10-8-6-4-2/h2*29,33H,3-28H2,1-2H3,(H,32,34)/t2*29-/m11/s1. The zero-order valence-electron chi connectivity index (χ0n) is 48.3. The second-order valence-corrected chi connectivity index (χ2v) is 21.3. The number of ether oxygens (including phenoxy) is 2. The molecule has 72 heavy (non-hydrogen) atoms. The number of aliphatic hydroxyl groups excluding tert-OH is 2. The van der Waals surface area contributed by atoms with Crippen molar-refractivity contribution in [1.29, 1.82) is 0 Å². The van der Waals surface area contributed by atoms with E-state index in [0.717, 1.165) is 64.2 Å². The third-order valence-electron chi connectivity index (χ3n) is 14.0. The molecule has 2 amide bonds. The third kappa shape index (κ3) is 58.7. The van der Waals surface area contributed by atoms with Crippen molar-refractivity contribution in [2.45, 2.75) is 348 Å². The van der Waals surface area contributed by atoms with Crippen LogP contribution in [0.15, 0.2) is 0 Å². The molecule has 0 rings (SSSR count). The normalized spacial score (nSPS) is 12.0. The van der Waals surface area contributed by atoms with Gasteiger partial charge in [0, 0.05) is 39.1 Å². The fourth-order valence-electron chi connectivity index (χ4n) is 9.30. The van der Waals surface area contributed by atoms with E-state index < -0.39 is 0 Å². The largest absolute Gasteiger partial charge is 0.462 e. The van der Waals surface area contributed by atoms with Crippen molar-refractivity contribution < 1.29 is 38.9 Å². The molecule has 0 aromatic carbocycles. The highest BCUT2D eigenvalue weighted by molar-refractivity contribution is 5.77. The Morgan fingerprint density at radius 2 is 0.542 bits per heavy atom. The van der Waals surface area contributed by atoms with Crippen LogP contribution in [0.2, 0.25) is 0 Å². The summed E-state index contributed by atoms with van der Waals surface area (Å²) < 4.78 is 11.5. The van der Waals surface area contributed by atoms with Gasteiger partial charge in [-0.15, -0.1) is 0 Å². The fraction of sp³-hybridized carbons (Fsp3) is 0.935. The van der Waals surface area contributed by atoms with Gasteiger partial charge in [0.1, 0.15) is 12.2 Å². The lowest BCUT2D eigenvalue weighted by atomic mass is 10.0. The number of nitrogens with one attached hydrogen (secondary N) is 2. The number of rotatable bonds is 56. The maximum absolute atomic E-state index is 12.4. The molecule has 428 valence electrons. The number of carbonyl (C=O) groups excluding carboxylic acids is 4. The molecule has 0 aromatic rings. The Balaban J connectivity index is 0. The van der Waals surface area contributed by atoms with Gasteiger partial charge in [0.2, 0.25) is 11.8 Å². The first-order valence-electron chi connectivity index (χ1n) is 31.4. The van der Waals surface area contributed by atoms with Gasteiger partial charge in [-0.3, -0.25) is 19.2 Å². The summed E-state index contributed by atoms with van der Waals surface area (Å²) in [7, 11) is 0. The number of esters is 2. The van der Waals surface area contributed by atoms with Crippen LogP contribution in [0, 0.1) is 0 Å². The molecule has 4 N–H and O–H groups in total. The predicted octanol–water partition coefficient (Wildman–Crippen LogP) is 16.8. The van der Waals surface area contributed by atoms with E-state index >= 15 is 0 Å². The summed E-state index contributed by atoms with van der Waals surface area (Å²) in [5, 5.41) is 23.5. The Morgan fingerprint density at radius 1 is 0.319 bits per heavy atom. The lowest BCUT2D eigenvalue weighted by molar-refractivity contribution is -0.152. The molecule has 0 aliphatic rings. The van der Waals surface area contributed by atoms with Crippen LogP contribution in [-0.4, -0.2) is 72.5 Å². The maximum atomic E-state index is 12.4. The molecular formula is C62H122N2O8. The van der Waals surface area contributed by atoms with Crippen LogP contribution in [0.25, 0.3) is 0 Å². The van der Waals surface area contributed by atoms with Gasteiger partial charge in [0.25, 0.3) is 0 Å². The summed E-state index contributed by atoms with van der Waals surface area (Å²) in [6.07, 6.45) is 53.5. The van der Waals surface area contributed by atoms with Gasteiger partial charge in [-0.25, -0.2) is 0 Å². The number of aliphatic hydroxyl groups is 2. The van der Waals surface area contributed by atoms with E-state index in [9.17, 15) is 19.2 Å². The summed E-state index contributed by atoms with van der Waals surface area (Å²) in [5.41, 5.74) is 0. The Hall–Kier alpha value is -2.20. The van der Waals surface area contributed by atoms with E-state index in [4.69, 9.17) is 19.7 Å². The average molecular weight is 1020 g/mol. The Bertz CT molecular complexity index is 1050. The molecule has 0 saturated heterocycles. The monoisotopic (exact) mass is 1020 g/mol.